The van der Waals surface area contributed by atoms with Crippen molar-refractivity contribution in [3.05, 3.63) is 70.3 Å². The van der Waals surface area contributed by atoms with Crippen molar-refractivity contribution < 1.29 is 13.2 Å². The smallest absolute Gasteiger partial charge is 0.292 e. The van der Waals surface area contributed by atoms with E-state index in [1.807, 2.05) is 0 Å². The molecule has 0 amide bonds. The lowest BCUT2D eigenvalue weighted by atomic mass is 10.0. The highest BCUT2D eigenvalue weighted by Gasteiger charge is 2.32. The van der Waals surface area contributed by atoms with Crippen LogP contribution in [-0.2, 0) is 32.1 Å². The van der Waals surface area contributed by atoms with Crippen LogP contribution in [0.3, 0.4) is 0 Å². The molecule has 0 spiro atoms. The summed E-state index contributed by atoms with van der Waals surface area (Å²) in [6.45, 7) is 5.66. The topological polar surface area (TPSA) is 3.24 Å². The maximum atomic E-state index is 12.9. The van der Waals surface area contributed by atoms with Crippen LogP contribution in [0.2, 0.25) is 0 Å². The minimum atomic E-state index is -4.27. The van der Waals surface area contributed by atoms with E-state index in [-0.39, 0.29) is 0 Å². The first-order chi connectivity index (χ1) is 11.9. The molecule has 2 aromatic carbocycles. The minimum Gasteiger partial charge on any atom is -0.292 e. The Morgan fingerprint density at radius 1 is 1.00 bits per heavy atom. The summed E-state index contributed by atoms with van der Waals surface area (Å²) in [5.41, 5.74) is 3.97. The average Bonchev–Trinajstić information content (AvgIpc) is 3.02. The number of aryl methyl sites for hydroxylation is 2. The van der Waals surface area contributed by atoms with Gasteiger partial charge in [-0.3, -0.25) is 4.90 Å². The highest BCUT2D eigenvalue weighted by atomic mass is 19.4. The van der Waals surface area contributed by atoms with Crippen LogP contribution < -0.4 is 0 Å². The third-order valence-corrected chi connectivity index (χ3v) is 5.15. The molecule has 0 saturated carbocycles. The Bertz CT molecular complexity index is 736. The van der Waals surface area contributed by atoms with Crippen LogP contribution >= 0.6 is 0 Å². The largest absolute Gasteiger partial charge is 0.416 e. The Hall–Kier alpha value is -1.81. The lowest BCUT2D eigenvalue weighted by Gasteiger charge is -2.23. The van der Waals surface area contributed by atoms with Gasteiger partial charge in [0.2, 0.25) is 0 Å². The minimum absolute atomic E-state index is 0.340. The second kappa shape index (κ2) is 7.20. The zero-order chi connectivity index (χ0) is 18.0. The SMILES string of the molecule is CCc1cccc(CC[C@@H](C)N2Cc3ccc(C(F)(F)F)cc3C2)c1. The van der Waals surface area contributed by atoms with Crippen molar-refractivity contribution >= 4 is 0 Å². The van der Waals surface area contributed by atoms with Crippen molar-refractivity contribution in [2.24, 2.45) is 0 Å². The second-order valence-electron chi connectivity index (χ2n) is 6.95. The fourth-order valence-electron chi connectivity index (χ4n) is 3.47. The molecule has 0 bridgehead atoms. The summed E-state index contributed by atoms with van der Waals surface area (Å²) < 4.78 is 38.6. The van der Waals surface area contributed by atoms with Crippen LogP contribution in [0.4, 0.5) is 13.2 Å². The molecule has 1 heterocycles. The zero-order valence-corrected chi connectivity index (χ0v) is 14.7. The summed E-state index contributed by atoms with van der Waals surface area (Å²) in [6, 6.07) is 13.1. The highest BCUT2D eigenvalue weighted by molar-refractivity contribution is 5.36. The third kappa shape index (κ3) is 4.24. The molecule has 3 rings (SSSR count). The molecular formula is C21H24F3N. The van der Waals surface area contributed by atoms with Crippen LogP contribution in [0.25, 0.3) is 0 Å². The molecule has 1 aliphatic rings. The Kier molecular flexibility index (Phi) is 5.19. The van der Waals surface area contributed by atoms with Gasteiger partial charge in [0.1, 0.15) is 0 Å². The van der Waals surface area contributed by atoms with Crippen LogP contribution in [0, 0.1) is 0 Å². The van der Waals surface area contributed by atoms with Gasteiger partial charge in [-0.05, 0) is 60.6 Å². The van der Waals surface area contributed by atoms with Gasteiger partial charge in [-0.25, -0.2) is 0 Å². The number of rotatable bonds is 5. The molecule has 1 atom stereocenters. The maximum absolute atomic E-state index is 12.9. The summed E-state index contributed by atoms with van der Waals surface area (Å²) in [5.74, 6) is 0. The van der Waals surface area contributed by atoms with E-state index >= 15 is 0 Å². The van der Waals surface area contributed by atoms with Gasteiger partial charge < -0.3 is 0 Å². The molecule has 4 heteroatoms. The lowest BCUT2D eigenvalue weighted by molar-refractivity contribution is -0.137. The van der Waals surface area contributed by atoms with Gasteiger partial charge >= 0.3 is 6.18 Å². The summed E-state index contributed by atoms with van der Waals surface area (Å²) in [4.78, 5) is 2.27. The van der Waals surface area contributed by atoms with E-state index in [1.165, 1.54) is 23.3 Å². The number of nitrogens with zero attached hydrogens (tertiary/aromatic N) is 1. The number of benzene rings is 2. The van der Waals surface area contributed by atoms with Gasteiger partial charge in [-0.1, -0.05) is 37.3 Å². The molecule has 134 valence electrons. The van der Waals surface area contributed by atoms with Gasteiger partial charge in [-0.15, -0.1) is 0 Å². The summed E-state index contributed by atoms with van der Waals surface area (Å²) in [6.07, 6.45) is -1.23. The molecule has 1 nitrogen and oxygen atoms in total. The van der Waals surface area contributed by atoms with E-state index in [2.05, 4.69) is 43.0 Å². The van der Waals surface area contributed by atoms with Crippen LogP contribution in [0.15, 0.2) is 42.5 Å². The fraction of sp³-hybridized carbons (Fsp3) is 0.429. The van der Waals surface area contributed by atoms with E-state index in [1.54, 1.807) is 6.07 Å². The number of alkyl halides is 3. The Morgan fingerprint density at radius 3 is 2.44 bits per heavy atom. The van der Waals surface area contributed by atoms with Gasteiger partial charge in [-0.2, -0.15) is 13.2 Å². The van der Waals surface area contributed by atoms with Gasteiger partial charge in [0.15, 0.2) is 0 Å². The summed E-state index contributed by atoms with van der Waals surface area (Å²) in [7, 11) is 0. The first-order valence-corrected chi connectivity index (χ1v) is 8.87. The number of fused-ring (bicyclic) bond motifs is 1. The molecule has 0 radical (unpaired) electrons. The molecule has 2 aromatic rings. The normalized spacial score (nSPS) is 16.0. The molecule has 25 heavy (non-hydrogen) atoms. The monoisotopic (exact) mass is 347 g/mol. The second-order valence-corrected chi connectivity index (χ2v) is 6.95. The zero-order valence-electron chi connectivity index (χ0n) is 14.7. The predicted molar refractivity (Wildman–Crippen MR) is 94.3 cm³/mol. The fourth-order valence-corrected chi connectivity index (χ4v) is 3.47. The van der Waals surface area contributed by atoms with Gasteiger partial charge in [0.25, 0.3) is 0 Å². The van der Waals surface area contributed by atoms with E-state index in [0.29, 0.717) is 12.6 Å². The van der Waals surface area contributed by atoms with E-state index in [4.69, 9.17) is 0 Å². The summed E-state index contributed by atoms with van der Waals surface area (Å²) >= 11 is 0. The van der Waals surface area contributed by atoms with E-state index in [9.17, 15) is 13.2 Å². The Labute approximate surface area is 147 Å². The average molecular weight is 347 g/mol. The molecule has 0 saturated heterocycles. The Balaban J connectivity index is 1.61. The van der Waals surface area contributed by atoms with Crippen LogP contribution in [0.1, 0.15) is 48.1 Å². The molecular weight excluding hydrogens is 323 g/mol. The van der Waals surface area contributed by atoms with Gasteiger partial charge in [0, 0.05) is 19.1 Å². The number of halogens is 3. The van der Waals surface area contributed by atoms with Crippen molar-refractivity contribution in [3.8, 4) is 0 Å². The predicted octanol–water partition coefficient (Wildman–Crippen LogP) is 5.60. The molecule has 0 N–H and O–H groups in total. The van der Waals surface area contributed by atoms with Crippen LogP contribution in [-0.4, -0.2) is 10.9 Å². The van der Waals surface area contributed by atoms with Gasteiger partial charge in [0.05, 0.1) is 5.56 Å². The van der Waals surface area contributed by atoms with Crippen molar-refractivity contribution in [2.75, 3.05) is 0 Å². The van der Waals surface area contributed by atoms with E-state index in [0.717, 1.165) is 36.9 Å². The molecule has 1 aliphatic heterocycles. The van der Waals surface area contributed by atoms with Crippen molar-refractivity contribution in [2.45, 2.75) is 58.4 Å². The van der Waals surface area contributed by atoms with E-state index < -0.39 is 11.7 Å². The highest BCUT2D eigenvalue weighted by Crippen LogP contribution is 2.34. The quantitative estimate of drug-likeness (QED) is 0.680. The standard InChI is InChI=1S/C21H24F3N/c1-3-16-5-4-6-17(11-16)8-7-15(2)25-13-18-9-10-20(21(22,23)24)12-19(18)14-25/h4-6,9-12,15H,3,7-8,13-14H2,1-2H3/t15-/m1/s1. The van der Waals surface area contributed by atoms with Crippen molar-refractivity contribution in [3.63, 3.8) is 0 Å². The first-order valence-electron chi connectivity index (χ1n) is 8.87. The van der Waals surface area contributed by atoms with Crippen molar-refractivity contribution in [1.82, 2.24) is 4.90 Å². The molecule has 0 aliphatic carbocycles. The molecule has 0 unspecified atom stereocenters. The first kappa shape index (κ1) is 18.0. The maximum Gasteiger partial charge on any atom is 0.416 e. The lowest BCUT2D eigenvalue weighted by Crippen LogP contribution is -2.28. The Morgan fingerprint density at radius 2 is 1.72 bits per heavy atom. The van der Waals surface area contributed by atoms with Crippen LogP contribution in [0.5, 0.6) is 0 Å². The molecule has 0 aromatic heterocycles. The third-order valence-electron chi connectivity index (χ3n) is 5.15. The number of hydrogen-bond donors (Lipinski definition) is 0. The van der Waals surface area contributed by atoms with Crippen molar-refractivity contribution in [1.29, 1.82) is 0 Å². The summed E-state index contributed by atoms with van der Waals surface area (Å²) in [5, 5.41) is 0. The molecule has 0 fully saturated rings. The number of hydrogen-bond acceptors (Lipinski definition) is 1.